The van der Waals surface area contributed by atoms with Crippen molar-refractivity contribution in [2.45, 2.75) is 50.9 Å². The van der Waals surface area contributed by atoms with E-state index in [4.69, 9.17) is 21.1 Å². The Balaban J connectivity index is 1.47. The van der Waals surface area contributed by atoms with Gasteiger partial charge in [0.15, 0.2) is 5.78 Å². The summed E-state index contributed by atoms with van der Waals surface area (Å²) < 4.78 is 55.7. The van der Waals surface area contributed by atoms with Gasteiger partial charge in [-0.3, -0.25) is 4.79 Å². The zero-order chi connectivity index (χ0) is 32.8. The number of rotatable bonds is 12. The van der Waals surface area contributed by atoms with Crippen molar-refractivity contribution in [1.29, 1.82) is 0 Å². The van der Waals surface area contributed by atoms with Crippen molar-refractivity contribution >= 4 is 23.1 Å². The number of ketones is 1. The Labute approximate surface area is 269 Å². The normalized spacial score (nSPS) is 16.1. The molecule has 4 aromatic rings. The maximum absolute atomic E-state index is 14.5. The van der Waals surface area contributed by atoms with Crippen LogP contribution >= 0.6 is 11.6 Å². The number of halogens is 4. The average molecular weight is 659 g/mol. The van der Waals surface area contributed by atoms with Gasteiger partial charge in [0.25, 0.3) is 0 Å². The number of hydrogen-bond donors (Lipinski definition) is 2. The molecule has 13 heteroatoms. The van der Waals surface area contributed by atoms with Crippen molar-refractivity contribution in [2.75, 3.05) is 25.6 Å². The molecule has 244 valence electrons. The van der Waals surface area contributed by atoms with Crippen molar-refractivity contribution in [3.8, 4) is 22.9 Å². The standard InChI is InChI=1S/C33H34ClF3N4O5/c1-20(29-10-8-24(34)14-30(29)45-12-11-42)31(40-25-15-26(17-28(16-25)44-2)41-19-38-18-39-41)32(43)22-4-3-21-7-9-27(46-33(35,36)37)13-23(21)6-5-22/h7-10,13-20,22,31,40,42H,3-6,11-12H2,1-2H3/t20-,22?,31?/m0/s1. The molecule has 0 saturated carbocycles. The van der Waals surface area contributed by atoms with Crippen molar-refractivity contribution in [3.63, 3.8) is 0 Å². The second-order valence-electron chi connectivity index (χ2n) is 11.1. The molecule has 0 bridgehead atoms. The second kappa shape index (κ2) is 14.4. The van der Waals surface area contributed by atoms with Crippen LogP contribution in [0.2, 0.25) is 5.02 Å². The number of fused-ring (bicyclic) bond motifs is 1. The lowest BCUT2D eigenvalue weighted by Crippen LogP contribution is -2.39. The SMILES string of the molecule is COc1cc(NC(C(=O)C2CCc3ccc(OC(F)(F)F)cc3CC2)[C@@H](C)c2ccc(Cl)cc2OCCO)cc(-n2cncn2)c1. The number of aromatic nitrogens is 3. The molecule has 9 nitrogen and oxygen atoms in total. The first-order chi connectivity index (χ1) is 22.0. The van der Waals surface area contributed by atoms with Crippen LogP contribution in [0, 0.1) is 5.92 Å². The monoisotopic (exact) mass is 658 g/mol. The largest absolute Gasteiger partial charge is 0.573 e. The highest BCUT2D eigenvalue weighted by atomic mass is 35.5. The van der Waals surface area contributed by atoms with Crippen molar-refractivity contribution in [1.82, 2.24) is 14.8 Å². The fraction of sp³-hybridized carbons (Fsp3) is 0.364. The number of Topliss-reactive ketones (excluding diaryl/α,β-unsaturated/α-hetero) is 1. The van der Waals surface area contributed by atoms with Gasteiger partial charge in [-0.25, -0.2) is 9.67 Å². The molecule has 5 rings (SSSR count). The number of aryl methyl sites for hydroxylation is 2. The van der Waals surface area contributed by atoms with Gasteiger partial charge in [0.2, 0.25) is 0 Å². The van der Waals surface area contributed by atoms with Gasteiger partial charge in [0, 0.05) is 34.7 Å². The smallest absolute Gasteiger partial charge is 0.497 e. The van der Waals surface area contributed by atoms with Gasteiger partial charge >= 0.3 is 6.36 Å². The summed E-state index contributed by atoms with van der Waals surface area (Å²) in [6.45, 7) is 1.76. The van der Waals surface area contributed by atoms with Crippen molar-refractivity contribution in [3.05, 3.63) is 89.0 Å². The van der Waals surface area contributed by atoms with Crippen LogP contribution in [0.4, 0.5) is 18.9 Å². The van der Waals surface area contributed by atoms with E-state index in [-0.39, 0.29) is 24.7 Å². The molecule has 3 atom stereocenters. The van der Waals surface area contributed by atoms with E-state index in [0.717, 1.165) is 11.1 Å². The quantitative estimate of drug-likeness (QED) is 0.165. The molecule has 2 N–H and O–H groups in total. The Morgan fingerprint density at radius 1 is 1.09 bits per heavy atom. The van der Waals surface area contributed by atoms with E-state index < -0.39 is 24.2 Å². The summed E-state index contributed by atoms with van der Waals surface area (Å²) in [4.78, 5) is 18.6. The molecule has 1 aliphatic carbocycles. The first-order valence-corrected chi connectivity index (χ1v) is 15.2. The summed E-state index contributed by atoms with van der Waals surface area (Å²) in [6.07, 6.45) is 0.0933. The van der Waals surface area contributed by atoms with Crippen LogP contribution in [0.25, 0.3) is 5.69 Å². The van der Waals surface area contributed by atoms with Gasteiger partial charge in [-0.2, -0.15) is 5.10 Å². The topological polar surface area (TPSA) is 108 Å². The Kier molecular flexibility index (Phi) is 10.4. The third-order valence-corrected chi connectivity index (χ3v) is 8.33. The molecule has 1 heterocycles. The third kappa shape index (κ3) is 8.10. The lowest BCUT2D eigenvalue weighted by Gasteiger charge is -2.30. The number of benzene rings is 3. The molecule has 46 heavy (non-hydrogen) atoms. The molecule has 0 saturated heterocycles. The third-order valence-electron chi connectivity index (χ3n) is 8.09. The van der Waals surface area contributed by atoms with E-state index in [1.54, 1.807) is 54.5 Å². The minimum atomic E-state index is -4.79. The van der Waals surface area contributed by atoms with Crippen molar-refractivity contribution in [2.24, 2.45) is 5.92 Å². The van der Waals surface area contributed by atoms with E-state index in [2.05, 4.69) is 20.1 Å². The average Bonchev–Trinajstić information content (AvgIpc) is 3.49. The van der Waals surface area contributed by atoms with Crippen molar-refractivity contribution < 1.29 is 37.3 Å². The number of nitrogens with zero attached hydrogens (tertiary/aromatic N) is 3. The van der Waals surface area contributed by atoms with Crippen LogP contribution in [-0.2, 0) is 17.6 Å². The molecule has 0 spiro atoms. The number of hydrogen-bond acceptors (Lipinski definition) is 8. The predicted octanol–water partition coefficient (Wildman–Crippen LogP) is 6.55. The van der Waals surface area contributed by atoms with Crippen LogP contribution in [0.1, 0.15) is 42.4 Å². The van der Waals surface area contributed by atoms with Crippen LogP contribution in [-0.4, -0.2) is 58.4 Å². The summed E-state index contributed by atoms with van der Waals surface area (Å²) in [7, 11) is 1.54. The molecule has 0 radical (unpaired) electrons. The van der Waals surface area contributed by atoms with Crippen LogP contribution in [0.3, 0.4) is 0 Å². The number of carbonyl (C=O) groups is 1. The highest BCUT2D eigenvalue weighted by Gasteiger charge is 2.35. The molecular formula is C33H34ClF3N4O5. The van der Waals surface area contributed by atoms with Gasteiger partial charge in [0.1, 0.15) is 36.5 Å². The van der Waals surface area contributed by atoms with Crippen LogP contribution < -0.4 is 19.5 Å². The number of carbonyl (C=O) groups excluding carboxylic acids is 1. The van der Waals surface area contributed by atoms with Gasteiger partial charge in [-0.15, -0.1) is 13.2 Å². The minimum Gasteiger partial charge on any atom is -0.497 e. The van der Waals surface area contributed by atoms with Gasteiger partial charge in [0.05, 0.1) is 25.4 Å². The number of ether oxygens (including phenoxy) is 3. The van der Waals surface area contributed by atoms with E-state index >= 15 is 0 Å². The van der Waals surface area contributed by atoms with E-state index in [1.165, 1.54) is 18.5 Å². The highest BCUT2D eigenvalue weighted by Crippen LogP contribution is 2.37. The number of aliphatic hydroxyl groups excluding tert-OH is 1. The predicted molar refractivity (Wildman–Crippen MR) is 166 cm³/mol. The Bertz CT molecular complexity index is 1650. The van der Waals surface area contributed by atoms with E-state index in [0.29, 0.717) is 59.1 Å². The first-order valence-electron chi connectivity index (χ1n) is 14.8. The lowest BCUT2D eigenvalue weighted by atomic mass is 9.82. The summed E-state index contributed by atoms with van der Waals surface area (Å²) in [6, 6.07) is 14.2. The fourth-order valence-corrected chi connectivity index (χ4v) is 6.01. The molecule has 1 aromatic heterocycles. The van der Waals surface area contributed by atoms with Gasteiger partial charge in [-0.05, 0) is 72.7 Å². The summed E-state index contributed by atoms with van der Waals surface area (Å²) in [5.74, 6) is -0.169. The number of anilines is 1. The maximum atomic E-state index is 14.5. The molecule has 1 aliphatic rings. The van der Waals surface area contributed by atoms with E-state index in [1.807, 2.05) is 13.0 Å². The van der Waals surface area contributed by atoms with E-state index in [9.17, 15) is 23.1 Å². The number of nitrogens with one attached hydrogen (secondary N) is 1. The van der Waals surface area contributed by atoms with Crippen LogP contribution in [0.5, 0.6) is 17.2 Å². The minimum absolute atomic E-state index is 0.0458. The summed E-state index contributed by atoms with van der Waals surface area (Å²) in [5, 5.41) is 17.5. The molecule has 2 unspecified atom stereocenters. The second-order valence-corrected chi connectivity index (χ2v) is 11.5. The number of aliphatic hydroxyl groups is 1. The van der Waals surface area contributed by atoms with Crippen LogP contribution in [0.15, 0.2) is 67.3 Å². The van der Waals surface area contributed by atoms with Gasteiger partial charge < -0.3 is 24.6 Å². The zero-order valence-corrected chi connectivity index (χ0v) is 26.0. The van der Waals surface area contributed by atoms with Gasteiger partial charge in [-0.1, -0.05) is 30.7 Å². The molecule has 0 aliphatic heterocycles. The molecular weight excluding hydrogens is 625 g/mol. The number of methoxy groups -OCH3 is 1. The maximum Gasteiger partial charge on any atom is 0.573 e. The zero-order valence-electron chi connectivity index (χ0n) is 25.3. The lowest BCUT2D eigenvalue weighted by molar-refractivity contribution is -0.274. The Morgan fingerprint density at radius 2 is 1.87 bits per heavy atom. The number of alkyl halides is 3. The first kappa shape index (κ1) is 33.1. The molecule has 3 aromatic carbocycles. The molecule has 0 amide bonds. The fourth-order valence-electron chi connectivity index (χ4n) is 5.84. The highest BCUT2D eigenvalue weighted by molar-refractivity contribution is 6.30. The molecule has 0 fully saturated rings. The Morgan fingerprint density at radius 3 is 2.57 bits per heavy atom. The summed E-state index contributed by atoms with van der Waals surface area (Å²) in [5.41, 5.74) is 3.61. The Hall–Kier alpha value is -4.29. The summed E-state index contributed by atoms with van der Waals surface area (Å²) >= 11 is 6.28.